The molecular weight excluding hydrogens is 393 g/mol. The van der Waals surface area contributed by atoms with Gasteiger partial charge < -0.3 is 5.32 Å². The van der Waals surface area contributed by atoms with E-state index in [0.29, 0.717) is 14.6 Å². The van der Waals surface area contributed by atoms with Crippen LogP contribution in [0.5, 0.6) is 0 Å². The molecule has 0 saturated carbocycles. The Labute approximate surface area is 124 Å². The highest BCUT2D eigenvalue weighted by atomic mass is 79.9. The molecule has 2 aromatic rings. The van der Waals surface area contributed by atoms with Gasteiger partial charge in [0.05, 0.1) is 10.7 Å². The van der Waals surface area contributed by atoms with Gasteiger partial charge in [0.25, 0.3) is 0 Å². The summed E-state index contributed by atoms with van der Waals surface area (Å²) < 4.78 is 27.5. The van der Waals surface area contributed by atoms with Crippen LogP contribution in [-0.4, -0.2) is 4.98 Å². The van der Waals surface area contributed by atoms with Crippen molar-refractivity contribution in [3.63, 3.8) is 0 Å². The Morgan fingerprint density at radius 3 is 2.50 bits per heavy atom. The number of anilines is 2. The monoisotopic (exact) mass is 396 g/mol. The lowest BCUT2D eigenvalue weighted by molar-refractivity contribution is 0.624. The van der Waals surface area contributed by atoms with Gasteiger partial charge in [-0.05, 0) is 50.1 Å². The van der Waals surface area contributed by atoms with Gasteiger partial charge in [0, 0.05) is 15.1 Å². The van der Waals surface area contributed by atoms with E-state index in [1.54, 1.807) is 0 Å². The Hall–Kier alpha value is -0.720. The summed E-state index contributed by atoms with van der Waals surface area (Å²) in [4.78, 5) is 3.87. The lowest BCUT2D eigenvalue weighted by Gasteiger charge is -2.10. The molecule has 1 N–H and O–H groups in total. The molecule has 1 aromatic heterocycles. The fourth-order valence-electron chi connectivity index (χ4n) is 1.29. The Morgan fingerprint density at radius 2 is 1.89 bits per heavy atom. The van der Waals surface area contributed by atoms with Gasteiger partial charge in [0.1, 0.15) is 5.82 Å². The number of rotatable bonds is 2. The van der Waals surface area contributed by atoms with Crippen LogP contribution in [0.3, 0.4) is 0 Å². The molecule has 18 heavy (non-hydrogen) atoms. The van der Waals surface area contributed by atoms with E-state index in [-0.39, 0.29) is 10.8 Å². The highest BCUT2D eigenvalue weighted by molar-refractivity contribution is 9.10. The van der Waals surface area contributed by atoms with Gasteiger partial charge in [-0.25, -0.2) is 13.8 Å². The van der Waals surface area contributed by atoms with E-state index in [2.05, 4.69) is 42.2 Å². The lowest BCUT2D eigenvalue weighted by Crippen LogP contribution is -1.99. The molecular formula is C11H5Br2ClF2N2. The zero-order chi connectivity index (χ0) is 13.3. The molecule has 0 radical (unpaired) electrons. The summed E-state index contributed by atoms with van der Waals surface area (Å²) in [5.74, 6) is -1.02. The summed E-state index contributed by atoms with van der Waals surface area (Å²) in [6.45, 7) is 0. The molecule has 94 valence electrons. The highest BCUT2D eigenvalue weighted by Gasteiger charge is 2.11. The smallest absolute Gasteiger partial charge is 0.166 e. The van der Waals surface area contributed by atoms with E-state index in [1.165, 1.54) is 18.3 Å². The van der Waals surface area contributed by atoms with Gasteiger partial charge in [0.2, 0.25) is 0 Å². The van der Waals surface area contributed by atoms with Crippen LogP contribution in [0.25, 0.3) is 0 Å². The summed E-state index contributed by atoms with van der Waals surface area (Å²) >= 11 is 12.1. The maximum atomic E-state index is 13.6. The molecule has 0 aliphatic carbocycles. The first kappa shape index (κ1) is 13.7. The molecule has 0 fully saturated rings. The van der Waals surface area contributed by atoms with Crippen molar-refractivity contribution in [3.8, 4) is 0 Å². The Kier molecular flexibility index (Phi) is 4.19. The van der Waals surface area contributed by atoms with Crippen molar-refractivity contribution in [2.45, 2.75) is 0 Å². The van der Waals surface area contributed by atoms with Crippen molar-refractivity contribution >= 4 is 55.0 Å². The minimum Gasteiger partial charge on any atom is -0.336 e. The van der Waals surface area contributed by atoms with Crippen LogP contribution in [0, 0.1) is 11.6 Å². The zero-order valence-electron chi connectivity index (χ0n) is 8.65. The van der Waals surface area contributed by atoms with Gasteiger partial charge in [-0.2, -0.15) is 0 Å². The van der Waals surface area contributed by atoms with Gasteiger partial charge in [-0.15, -0.1) is 0 Å². The average molecular weight is 398 g/mol. The number of hydrogen-bond acceptors (Lipinski definition) is 2. The molecule has 0 saturated heterocycles. The third-order valence-corrected chi connectivity index (χ3v) is 3.42. The lowest BCUT2D eigenvalue weighted by atomic mass is 10.3. The van der Waals surface area contributed by atoms with Crippen LogP contribution in [0.4, 0.5) is 20.3 Å². The average Bonchev–Trinajstić information content (AvgIpc) is 2.25. The second kappa shape index (κ2) is 5.50. The van der Waals surface area contributed by atoms with Gasteiger partial charge >= 0.3 is 0 Å². The first-order valence-corrected chi connectivity index (χ1v) is 6.66. The molecule has 0 amide bonds. The standard InChI is InChI=1S/C11H5Br2ClF2N2/c12-5-1-9(16)11(17-4-5)18-10-7(13)2-6(15)3-8(10)14/h1-4H,(H,17,18). The summed E-state index contributed by atoms with van der Waals surface area (Å²) in [6.07, 6.45) is 1.44. The number of aromatic nitrogens is 1. The molecule has 2 nitrogen and oxygen atoms in total. The van der Waals surface area contributed by atoms with Crippen LogP contribution in [0.1, 0.15) is 0 Å². The third-order valence-electron chi connectivity index (χ3n) is 2.06. The molecule has 0 spiro atoms. The fraction of sp³-hybridized carbons (Fsp3) is 0. The van der Waals surface area contributed by atoms with E-state index in [4.69, 9.17) is 11.6 Å². The van der Waals surface area contributed by atoms with E-state index >= 15 is 0 Å². The molecule has 0 unspecified atom stereocenters. The maximum absolute atomic E-state index is 13.6. The van der Waals surface area contributed by atoms with Gasteiger partial charge in [-0.1, -0.05) is 11.6 Å². The Balaban J connectivity index is 2.40. The van der Waals surface area contributed by atoms with Crippen LogP contribution in [-0.2, 0) is 0 Å². The molecule has 0 aliphatic rings. The van der Waals surface area contributed by atoms with E-state index in [0.717, 1.165) is 6.07 Å². The number of pyridine rings is 1. The predicted molar refractivity (Wildman–Crippen MR) is 74.3 cm³/mol. The van der Waals surface area contributed by atoms with Gasteiger partial charge in [-0.3, -0.25) is 0 Å². The first-order valence-electron chi connectivity index (χ1n) is 4.70. The quantitative estimate of drug-likeness (QED) is 0.744. The van der Waals surface area contributed by atoms with E-state index in [9.17, 15) is 8.78 Å². The Morgan fingerprint density at radius 1 is 1.17 bits per heavy atom. The fourth-order valence-corrected chi connectivity index (χ4v) is 2.49. The molecule has 7 heteroatoms. The second-order valence-electron chi connectivity index (χ2n) is 3.35. The topological polar surface area (TPSA) is 24.9 Å². The number of benzene rings is 1. The van der Waals surface area contributed by atoms with Crippen LogP contribution in [0.2, 0.25) is 5.02 Å². The van der Waals surface area contributed by atoms with Crippen molar-refractivity contribution in [2.24, 2.45) is 0 Å². The summed E-state index contributed by atoms with van der Waals surface area (Å²) in [7, 11) is 0. The summed E-state index contributed by atoms with van der Waals surface area (Å²) in [5, 5.41) is 2.84. The summed E-state index contributed by atoms with van der Waals surface area (Å²) in [5.41, 5.74) is 0.354. The molecule has 0 bridgehead atoms. The minimum atomic E-state index is -0.545. The second-order valence-corrected chi connectivity index (χ2v) is 5.53. The molecule has 0 atom stereocenters. The number of nitrogens with one attached hydrogen (secondary N) is 1. The SMILES string of the molecule is Fc1cc(Cl)c(Nc2ncc(Br)cc2F)c(Br)c1. The van der Waals surface area contributed by atoms with E-state index in [1.807, 2.05) is 0 Å². The van der Waals surface area contributed by atoms with Crippen LogP contribution < -0.4 is 5.32 Å². The zero-order valence-corrected chi connectivity index (χ0v) is 12.6. The van der Waals surface area contributed by atoms with Crippen molar-refractivity contribution in [2.75, 3.05) is 5.32 Å². The maximum Gasteiger partial charge on any atom is 0.166 e. The van der Waals surface area contributed by atoms with Crippen molar-refractivity contribution in [1.29, 1.82) is 0 Å². The molecule has 0 aliphatic heterocycles. The summed E-state index contributed by atoms with van der Waals surface area (Å²) in [6, 6.07) is 3.62. The minimum absolute atomic E-state index is 0.00686. The van der Waals surface area contributed by atoms with Gasteiger partial charge in [0.15, 0.2) is 11.6 Å². The number of hydrogen-bond donors (Lipinski definition) is 1. The van der Waals surface area contributed by atoms with Crippen molar-refractivity contribution < 1.29 is 8.78 Å². The number of halogens is 5. The first-order chi connectivity index (χ1) is 8.47. The van der Waals surface area contributed by atoms with Crippen LogP contribution >= 0.6 is 43.5 Å². The molecule has 1 heterocycles. The normalized spacial score (nSPS) is 10.5. The Bertz CT molecular complexity index is 585. The molecule has 2 rings (SSSR count). The highest BCUT2D eigenvalue weighted by Crippen LogP contribution is 2.34. The largest absolute Gasteiger partial charge is 0.336 e. The van der Waals surface area contributed by atoms with E-state index < -0.39 is 11.6 Å². The van der Waals surface area contributed by atoms with Crippen molar-refractivity contribution in [1.82, 2.24) is 4.98 Å². The predicted octanol–water partition coefficient (Wildman–Crippen LogP) is 5.28. The molecule has 1 aromatic carbocycles. The van der Waals surface area contributed by atoms with Crippen molar-refractivity contribution in [3.05, 3.63) is 50.0 Å². The number of nitrogens with zero attached hydrogens (tertiary/aromatic N) is 1. The van der Waals surface area contributed by atoms with Crippen LogP contribution in [0.15, 0.2) is 33.3 Å². The third kappa shape index (κ3) is 2.99.